The van der Waals surface area contributed by atoms with Crippen molar-refractivity contribution in [1.29, 1.82) is 0 Å². The van der Waals surface area contributed by atoms with Gasteiger partial charge in [-0.25, -0.2) is 17.9 Å². The van der Waals surface area contributed by atoms with E-state index in [1.165, 1.54) is 32.1 Å². The first-order chi connectivity index (χ1) is 9.92. The molecule has 1 saturated heterocycles. The fourth-order valence-corrected chi connectivity index (χ4v) is 4.25. The Balaban J connectivity index is 1.51. The molecule has 21 heavy (non-hydrogen) atoms. The first-order valence-corrected chi connectivity index (χ1v) is 9.84. The van der Waals surface area contributed by atoms with Crippen LogP contribution in [-0.2, 0) is 10.0 Å². The van der Waals surface area contributed by atoms with E-state index in [2.05, 4.69) is 10.0 Å². The summed E-state index contributed by atoms with van der Waals surface area (Å²) >= 11 is 0. The molecule has 0 spiro atoms. The van der Waals surface area contributed by atoms with E-state index in [4.69, 9.17) is 0 Å². The van der Waals surface area contributed by atoms with Crippen LogP contribution in [0.4, 0.5) is 4.79 Å². The second kappa shape index (κ2) is 5.76. The third-order valence-electron chi connectivity index (χ3n) is 4.93. The summed E-state index contributed by atoms with van der Waals surface area (Å²) in [5.41, 5.74) is 0. The van der Waals surface area contributed by atoms with Gasteiger partial charge in [0.1, 0.15) is 0 Å². The topological polar surface area (TPSA) is 78.5 Å². The molecule has 1 aliphatic heterocycles. The van der Waals surface area contributed by atoms with E-state index in [1.54, 1.807) is 4.90 Å². The SMILES string of the molecule is CS(=O)(=O)NC1CCN(C(=O)NC(C2CCC2)C2CC2)C1. The summed E-state index contributed by atoms with van der Waals surface area (Å²) in [4.78, 5) is 14.1. The van der Waals surface area contributed by atoms with Gasteiger partial charge in [-0.3, -0.25) is 0 Å². The summed E-state index contributed by atoms with van der Waals surface area (Å²) in [6.45, 7) is 1.10. The molecule has 2 aliphatic carbocycles. The highest BCUT2D eigenvalue weighted by atomic mass is 32.2. The number of amides is 2. The molecular weight excluding hydrogens is 290 g/mol. The largest absolute Gasteiger partial charge is 0.335 e. The highest BCUT2D eigenvalue weighted by Crippen LogP contribution is 2.42. The molecule has 0 bridgehead atoms. The molecule has 0 aromatic rings. The second-order valence-electron chi connectivity index (χ2n) is 6.83. The van der Waals surface area contributed by atoms with Crippen LogP contribution in [0.25, 0.3) is 0 Å². The summed E-state index contributed by atoms with van der Waals surface area (Å²) in [6, 6.07) is 0.179. The summed E-state index contributed by atoms with van der Waals surface area (Å²) < 4.78 is 25.1. The van der Waals surface area contributed by atoms with Crippen molar-refractivity contribution in [2.75, 3.05) is 19.3 Å². The quantitative estimate of drug-likeness (QED) is 0.791. The molecule has 2 unspecified atom stereocenters. The number of hydrogen-bond acceptors (Lipinski definition) is 3. The van der Waals surface area contributed by atoms with Crippen LogP contribution in [0.5, 0.6) is 0 Å². The van der Waals surface area contributed by atoms with Crippen LogP contribution in [0.3, 0.4) is 0 Å². The molecule has 6 nitrogen and oxygen atoms in total. The molecule has 7 heteroatoms. The summed E-state index contributed by atoms with van der Waals surface area (Å²) in [6.07, 6.45) is 8.08. The third kappa shape index (κ3) is 3.88. The van der Waals surface area contributed by atoms with Gasteiger partial charge in [-0.05, 0) is 43.9 Å². The molecule has 2 amide bonds. The zero-order valence-corrected chi connectivity index (χ0v) is 13.4. The Morgan fingerprint density at radius 2 is 1.81 bits per heavy atom. The normalized spacial score (nSPS) is 28.2. The number of nitrogens with zero attached hydrogens (tertiary/aromatic N) is 1. The van der Waals surface area contributed by atoms with Crippen LogP contribution in [0, 0.1) is 11.8 Å². The van der Waals surface area contributed by atoms with Gasteiger partial charge in [-0.1, -0.05) is 6.42 Å². The van der Waals surface area contributed by atoms with Gasteiger partial charge < -0.3 is 10.2 Å². The number of sulfonamides is 1. The Hall–Kier alpha value is -0.820. The molecule has 3 rings (SSSR count). The van der Waals surface area contributed by atoms with Crippen LogP contribution in [0.1, 0.15) is 38.5 Å². The average molecular weight is 315 g/mol. The monoisotopic (exact) mass is 315 g/mol. The molecule has 2 saturated carbocycles. The average Bonchev–Trinajstić information content (AvgIpc) is 3.05. The number of hydrogen-bond donors (Lipinski definition) is 2. The highest BCUT2D eigenvalue weighted by molar-refractivity contribution is 7.88. The predicted octanol–water partition coefficient (Wildman–Crippen LogP) is 0.898. The molecule has 0 aromatic heterocycles. The van der Waals surface area contributed by atoms with E-state index >= 15 is 0 Å². The fourth-order valence-electron chi connectivity index (χ4n) is 3.45. The Bertz CT molecular complexity index is 500. The van der Waals surface area contributed by atoms with Gasteiger partial charge in [-0.15, -0.1) is 0 Å². The number of rotatable bonds is 5. The zero-order valence-electron chi connectivity index (χ0n) is 12.5. The Morgan fingerprint density at radius 3 is 2.33 bits per heavy atom. The molecule has 3 fully saturated rings. The van der Waals surface area contributed by atoms with Crippen LogP contribution in [0.2, 0.25) is 0 Å². The smallest absolute Gasteiger partial charge is 0.317 e. The minimum absolute atomic E-state index is 0.0170. The first-order valence-electron chi connectivity index (χ1n) is 7.95. The Kier molecular flexibility index (Phi) is 4.14. The van der Waals surface area contributed by atoms with Crippen LogP contribution in [0.15, 0.2) is 0 Å². The van der Waals surface area contributed by atoms with Crippen molar-refractivity contribution in [2.45, 2.75) is 50.6 Å². The van der Waals surface area contributed by atoms with E-state index in [9.17, 15) is 13.2 Å². The van der Waals surface area contributed by atoms with Crippen LogP contribution < -0.4 is 10.0 Å². The maximum absolute atomic E-state index is 12.4. The van der Waals surface area contributed by atoms with Crippen molar-refractivity contribution in [3.8, 4) is 0 Å². The minimum atomic E-state index is -3.20. The van der Waals surface area contributed by atoms with Crippen molar-refractivity contribution in [3.05, 3.63) is 0 Å². The summed E-state index contributed by atoms with van der Waals surface area (Å²) in [5.74, 6) is 1.33. The molecular formula is C14H25N3O3S. The van der Waals surface area contributed by atoms with Gasteiger partial charge in [0.05, 0.1) is 6.26 Å². The molecule has 0 radical (unpaired) electrons. The lowest BCUT2D eigenvalue weighted by Crippen LogP contribution is -2.50. The van der Waals surface area contributed by atoms with E-state index in [0.29, 0.717) is 37.4 Å². The Morgan fingerprint density at radius 1 is 1.14 bits per heavy atom. The van der Waals surface area contributed by atoms with Gasteiger partial charge in [0.2, 0.25) is 10.0 Å². The minimum Gasteiger partial charge on any atom is -0.335 e. The fraction of sp³-hybridized carbons (Fsp3) is 0.929. The molecule has 120 valence electrons. The van der Waals surface area contributed by atoms with Gasteiger partial charge in [0.15, 0.2) is 0 Å². The number of nitrogens with one attached hydrogen (secondary N) is 2. The summed E-state index contributed by atoms with van der Waals surface area (Å²) in [5, 5.41) is 3.22. The number of likely N-dealkylation sites (tertiary alicyclic amines) is 1. The van der Waals surface area contributed by atoms with Gasteiger partial charge in [0, 0.05) is 25.2 Å². The molecule has 2 atom stereocenters. The van der Waals surface area contributed by atoms with Crippen LogP contribution >= 0.6 is 0 Å². The lowest BCUT2D eigenvalue weighted by atomic mass is 9.78. The number of carbonyl (C=O) groups excluding carboxylic acids is 1. The lowest BCUT2D eigenvalue weighted by molar-refractivity contribution is 0.175. The van der Waals surface area contributed by atoms with Gasteiger partial charge in [0.25, 0.3) is 0 Å². The van der Waals surface area contributed by atoms with E-state index in [1.807, 2.05) is 0 Å². The number of carbonyl (C=O) groups is 1. The molecule has 3 aliphatic rings. The van der Waals surface area contributed by atoms with Crippen molar-refractivity contribution in [1.82, 2.24) is 14.9 Å². The van der Waals surface area contributed by atoms with E-state index in [0.717, 1.165) is 6.26 Å². The summed E-state index contributed by atoms with van der Waals surface area (Å²) in [7, 11) is -3.20. The maximum Gasteiger partial charge on any atom is 0.317 e. The first kappa shape index (κ1) is 15.1. The zero-order chi connectivity index (χ0) is 15.0. The number of urea groups is 1. The molecule has 2 N–H and O–H groups in total. The lowest BCUT2D eigenvalue weighted by Gasteiger charge is -2.35. The predicted molar refractivity (Wildman–Crippen MR) is 80.3 cm³/mol. The van der Waals surface area contributed by atoms with Crippen molar-refractivity contribution in [3.63, 3.8) is 0 Å². The van der Waals surface area contributed by atoms with Gasteiger partial charge in [-0.2, -0.15) is 0 Å². The standard InChI is InChI=1S/C14H25N3O3S/c1-21(19,20)16-12-7-8-17(9-12)14(18)15-13(11-5-6-11)10-3-2-4-10/h10-13,16H,2-9H2,1H3,(H,15,18). The molecule has 0 aromatic carbocycles. The third-order valence-corrected chi connectivity index (χ3v) is 5.70. The van der Waals surface area contributed by atoms with E-state index in [-0.39, 0.29) is 12.1 Å². The van der Waals surface area contributed by atoms with Crippen LogP contribution in [-0.4, -0.2) is 50.8 Å². The van der Waals surface area contributed by atoms with Crippen molar-refractivity contribution in [2.24, 2.45) is 11.8 Å². The van der Waals surface area contributed by atoms with Crippen molar-refractivity contribution < 1.29 is 13.2 Å². The van der Waals surface area contributed by atoms with E-state index < -0.39 is 10.0 Å². The van der Waals surface area contributed by atoms with Crippen molar-refractivity contribution >= 4 is 16.1 Å². The second-order valence-corrected chi connectivity index (χ2v) is 8.61. The van der Waals surface area contributed by atoms with Gasteiger partial charge >= 0.3 is 6.03 Å². The molecule has 1 heterocycles. The highest BCUT2D eigenvalue weighted by Gasteiger charge is 2.40. The maximum atomic E-state index is 12.4. The Labute approximate surface area is 126 Å².